The zero-order valence-corrected chi connectivity index (χ0v) is 10.9. The Hall–Kier alpha value is -2.83. The number of rotatable bonds is 4. The lowest BCUT2D eigenvalue weighted by Gasteiger charge is -2.09. The number of aryl methyl sites for hydroxylation is 1. The maximum Gasteiger partial charge on any atom is 0.363 e. The summed E-state index contributed by atoms with van der Waals surface area (Å²) in [6, 6.07) is 6.58. The summed E-state index contributed by atoms with van der Waals surface area (Å²) in [6.07, 6.45) is 1.10. The van der Waals surface area contributed by atoms with Gasteiger partial charge < -0.3 is 14.6 Å². The summed E-state index contributed by atoms with van der Waals surface area (Å²) in [5, 5.41) is 12.8. The number of carbonyl (C=O) groups excluding carboxylic acids is 1. The molecule has 0 amide bonds. The van der Waals surface area contributed by atoms with Crippen molar-refractivity contribution in [3.05, 3.63) is 41.7 Å². The number of carbonyl (C=O) groups is 2. The molecule has 0 spiro atoms. The van der Waals surface area contributed by atoms with Crippen LogP contribution in [0.5, 0.6) is 11.5 Å². The van der Waals surface area contributed by atoms with E-state index < -0.39 is 11.9 Å². The fourth-order valence-electron chi connectivity index (χ4n) is 1.69. The Kier molecular flexibility index (Phi) is 3.69. The van der Waals surface area contributed by atoms with Crippen LogP contribution in [0.2, 0.25) is 0 Å². The number of nitrogens with zero attached hydrogens (tertiary/aromatic N) is 2. The van der Waals surface area contributed by atoms with Crippen molar-refractivity contribution in [3.8, 4) is 11.5 Å². The summed E-state index contributed by atoms with van der Waals surface area (Å²) in [7, 11) is 2.91. The molecule has 0 aliphatic heterocycles. The topological polar surface area (TPSA) is 90.7 Å². The first-order valence-corrected chi connectivity index (χ1v) is 5.65. The fraction of sp³-hybridized carbons (Fsp3) is 0.154. The molecule has 0 aliphatic carbocycles. The first-order chi connectivity index (χ1) is 9.54. The Morgan fingerprint density at radius 1 is 1.25 bits per heavy atom. The third kappa shape index (κ3) is 2.46. The SMILES string of the molecule is COc1ccccc1OC(=O)c1c(C(=O)O)cnn1C. The molecule has 7 heteroatoms. The van der Waals surface area contributed by atoms with E-state index >= 15 is 0 Å². The maximum atomic E-state index is 12.1. The molecule has 0 unspecified atom stereocenters. The molecule has 0 bridgehead atoms. The van der Waals surface area contributed by atoms with Crippen LogP contribution >= 0.6 is 0 Å². The van der Waals surface area contributed by atoms with Crippen molar-refractivity contribution in [2.45, 2.75) is 0 Å². The molecule has 0 radical (unpaired) electrons. The number of hydrogen-bond acceptors (Lipinski definition) is 5. The Bertz CT molecular complexity index is 663. The lowest BCUT2D eigenvalue weighted by atomic mass is 10.2. The van der Waals surface area contributed by atoms with Gasteiger partial charge in [-0.2, -0.15) is 5.10 Å². The van der Waals surface area contributed by atoms with Crippen LogP contribution in [0.25, 0.3) is 0 Å². The van der Waals surface area contributed by atoms with Gasteiger partial charge in [-0.3, -0.25) is 4.68 Å². The Balaban J connectivity index is 2.33. The molecule has 0 saturated heterocycles. The van der Waals surface area contributed by atoms with Gasteiger partial charge in [0.05, 0.1) is 13.3 Å². The highest BCUT2D eigenvalue weighted by Crippen LogP contribution is 2.26. The molecule has 0 fully saturated rings. The molecule has 0 saturated carbocycles. The zero-order chi connectivity index (χ0) is 14.7. The van der Waals surface area contributed by atoms with E-state index in [1.807, 2.05) is 0 Å². The third-order valence-corrected chi connectivity index (χ3v) is 2.63. The molecule has 20 heavy (non-hydrogen) atoms. The molecule has 0 aliphatic rings. The van der Waals surface area contributed by atoms with Crippen molar-refractivity contribution in [2.24, 2.45) is 7.05 Å². The number of esters is 1. The molecule has 1 aromatic carbocycles. The average molecular weight is 276 g/mol. The second-order valence-electron chi connectivity index (χ2n) is 3.88. The van der Waals surface area contributed by atoms with E-state index in [2.05, 4.69) is 5.10 Å². The van der Waals surface area contributed by atoms with Crippen LogP contribution in [0.15, 0.2) is 30.5 Å². The van der Waals surface area contributed by atoms with Crippen LogP contribution in [-0.2, 0) is 7.05 Å². The van der Waals surface area contributed by atoms with Crippen molar-refractivity contribution in [1.29, 1.82) is 0 Å². The minimum atomic E-state index is -1.25. The number of aromatic nitrogens is 2. The number of carboxylic acid groups (broad SMARTS) is 1. The van der Waals surface area contributed by atoms with Crippen molar-refractivity contribution in [1.82, 2.24) is 9.78 Å². The van der Waals surface area contributed by atoms with Crippen molar-refractivity contribution < 1.29 is 24.2 Å². The van der Waals surface area contributed by atoms with Crippen molar-refractivity contribution in [3.63, 3.8) is 0 Å². The average Bonchev–Trinajstić information content (AvgIpc) is 2.81. The normalized spacial score (nSPS) is 10.1. The summed E-state index contributed by atoms with van der Waals surface area (Å²) >= 11 is 0. The summed E-state index contributed by atoms with van der Waals surface area (Å²) in [6.45, 7) is 0. The minimum absolute atomic E-state index is 0.136. The largest absolute Gasteiger partial charge is 0.493 e. The van der Waals surface area contributed by atoms with Gasteiger partial charge in [0.2, 0.25) is 0 Å². The van der Waals surface area contributed by atoms with Crippen LogP contribution in [0.3, 0.4) is 0 Å². The summed E-state index contributed by atoms with van der Waals surface area (Å²) in [4.78, 5) is 23.1. The van der Waals surface area contributed by atoms with Gasteiger partial charge in [0.1, 0.15) is 5.56 Å². The molecule has 1 aromatic heterocycles. The van der Waals surface area contributed by atoms with Gasteiger partial charge in [0, 0.05) is 7.05 Å². The van der Waals surface area contributed by atoms with Crippen molar-refractivity contribution in [2.75, 3.05) is 7.11 Å². The van der Waals surface area contributed by atoms with Gasteiger partial charge >= 0.3 is 11.9 Å². The van der Waals surface area contributed by atoms with Crippen LogP contribution in [0.4, 0.5) is 0 Å². The van der Waals surface area contributed by atoms with Crippen molar-refractivity contribution >= 4 is 11.9 Å². The summed E-state index contributed by atoms with van der Waals surface area (Å²) < 4.78 is 11.4. The van der Waals surface area contributed by atoms with E-state index in [0.29, 0.717) is 5.75 Å². The highest BCUT2D eigenvalue weighted by Gasteiger charge is 2.24. The number of ether oxygens (including phenoxy) is 2. The van der Waals surface area contributed by atoms with Gasteiger partial charge in [-0.25, -0.2) is 9.59 Å². The molecule has 2 rings (SSSR count). The predicted octanol–water partition coefficient (Wildman–Crippen LogP) is 1.35. The Morgan fingerprint density at radius 3 is 2.50 bits per heavy atom. The van der Waals surface area contributed by atoms with Crippen LogP contribution in [-0.4, -0.2) is 33.9 Å². The van der Waals surface area contributed by atoms with Crippen LogP contribution in [0.1, 0.15) is 20.8 Å². The Labute approximate surface area is 114 Å². The quantitative estimate of drug-likeness (QED) is 0.669. The Morgan fingerprint density at radius 2 is 1.90 bits per heavy atom. The van der Waals surface area contributed by atoms with E-state index in [1.165, 1.54) is 14.2 Å². The highest BCUT2D eigenvalue weighted by atomic mass is 16.6. The van der Waals surface area contributed by atoms with E-state index in [4.69, 9.17) is 14.6 Å². The molecule has 7 nitrogen and oxygen atoms in total. The van der Waals surface area contributed by atoms with E-state index in [-0.39, 0.29) is 17.0 Å². The lowest BCUT2D eigenvalue weighted by molar-refractivity contribution is 0.0661. The second kappa shape index (κ2) is 5.43. The second-order valence-corrected chi connectivity index (χ2v) is 3.88. The van der Waals surface area contributed by atoms with Gasteiger partial charge in [-0.05, 0) is 12.1 Å². The molecule has 0 atom stereocenters. The summed E-state index contributed by atoms with van der Waals surface area (Å²) in [5.74, 6) is -1.48. The molecule has 2 aromatic rings. The van der Waals surface area contributed by atoms with Gasteiger partial charge in [0.15, 0.2) is 17.2 Å². The molecular formula is C13H12N2O5. The van der Waals surface area contributed by atoms with E-state index in [1.54, 1.807) is 24.3 Å². The standard InChI is InChI=1S/C13H12N2O5/c1-15-11(8(7-14-15)12(16)17)13(18)20-10-6-4-3-5-9(10)19-2/h3-7H,1-2H3,(H,16,17). The lowest BCUT2D eigenvalue weighted by Crippen LogP contribution is -2.17. The summed E-state index contributed by atoms with van der Waals surface area (Å²) in [5.41, 5.74) is -0.351. The number of methoxy groups -OCH3 is 1. The predicted molar refractivity (Wildman–Crippen MR) is 68.1 cm³/mol. The molecule has 104 valence electrons. The number of hydrogen-bond donors (Lipinski definition) is 1. The molecular weight excluding hydrogens is 264 g/mol. The fourth-order valence-corrected chi connectivity index (χ4v) is 1.69. The highest BCUT2D eigenvalue weighted by molar-refractivity contribution is 6.01. The zero-order valence-electron chi connectivity index (χ0n) is 10.9. The van der Waals surface area contributed by atoms with Crippen LogP contribution in [0, 0.1) is 0 Å². The minimum Gasteiger partial charge on any atom is -0.493 e. The first kappa shape index (κ1) is 13.6. The molecule has 1 N–H and O–H groups in total. The monoisotopic (exact) mass is 276 g/mol. The smallest absolute Gasteiger partial charge is 0.363 e. The first-order valence-electron chi connectivity index (χ1n) is 5.65. The van der Waals surface area contributed by atoms with E-state index in [9.17, 15) is 9.59 Å². The van der Waals surface area contributed by atoms with Gasteiger partial charge in [-0.1, -0.05) is 12.1 Å². The molecule has 1 heterocycles. The maximum absolute atomic E-state index is 12.1. The van der Waals surface area contributed by atoms with E-state index in [0.717, 1.165) is 10.9 Å². The van der Waals surface area contributed by atoms with Gasteiger partial charge in [-0.15, -0.1) is 0 Å². The third-order valence-electron chi connectivity index (χ3n) is 2.63. The number of benzene rings is 1. The van der Waals surface area contributed by atoms with Gasteiger partial charge in [0.25, 0.3) is 0 Å². The van der Waals surface area contributed by atoms with Crippen LogP contribution < -0.4 is 9.47 Å². The number of para-hydroxylation sites is 2. The number of carboxylic acids is 1. The number of aromatic carboxylic acids is 1.